The molecule has 0 bridgehead atoms. The van der Waals surface area contributed by atoms with Gasteiger partial charge in [-0.05, 0) is 35.1 Å². The first-order chi connectivity index (χ1) is 11.3. The van der Waals surface area contributed by atoms with E-state index in [1.54, 1.807) is 16.9 Å². The van der Waals surface area contributed by atoms with E-state index in [1.807, 2.05) is 12.1 Å². The van der Waals surface area contributed by atoms with E-state index in [9.17, 15) is 4.79 Å². The zero-order valence-corrected chi connectivity index (χ0v) is 15.2. The lowest BCUT2D eigenvalue weighted by molar-refractivity contribution is 0.0942. The van der Waals surface area contributed by atoms with Crippen molar-refractivity contribution in [1.82, 2.24) is 15.1 Å². The Morgan fingerprint density at radius 1 is 1.21 bits per heavy atom. The van der Waals surface area contributed by atoms with E-state index < -0.39 is 0 Å². The molecule has 0 atom stereocenters. The summed E-state index contributed by atoms with van der Waals surface area (Å²) in [6.45, 7) is 11.6. The first-order valence-electron chi connectivity index (χ1n) is 8.30. The number of ether oxygens (including phenoxy) is 1. The van der Waals surface area contributed by atoms with Crippen LogP contribution in [0.1, 0.15) is 50.7 Å². The van der Waals surface area contributed by atoms with Gasteiger partial charge < -0.3 is 10.1 Å². The number of nitrogens with one attached hydrogen (secondary N) is 1. The van der Waals surface area contributed by atoms with Crippen molar-refractivity contribution in [1.29, 1.82) is 0 Å². The van der Waals surface area contributed by atoms with Gasteiger partial charge in [0.15, 0.2) is 6.73 Å². The van der Waals surface area contributed by atoms with E-state index in [0.717, 1.165) is 5.75 Å². The highest BCUT2D eigenvalue weighted by Crippen LogP contribution is 2.24. The molecular weight excluding hydrogens is 302 g/mol. The van der Waals surface area contributed by atoms with Crippen LogP contribution in [-0.4, -0.2) is 22.2 Å². The molecule has 2 aromatic rings. The molecule has 1 aromatic heterocycles. The maximum atomic E-state index is 11.9. The fraction of sp³-hybridized carbons (Fsp3) is 0.474. The number of aromatic nitrogens is 2. The van der Waals surface area contributed by atoms with Crippen LogP contribution in [0.5, 0.6) is 5.75 Å². The minimum Gasteiger partial charge on any atom is -0.471 e. The van der Waals surface area contributed by atoms with Gasteiger partial charge in [0.25, 0.3) is 5.91 Å². The van der Waals surface area contributed by atoms with Gasteiger partial charge in [0.05, 0.1) is 0 Å². The molecule has 0 saturated carbocycles. The fourth-order valence-electron chi connectivity index (χ4n) is 2.13. The number of hydrogen-bond acceptors (Lipinski definition) is 3. The van der Waals surface area contributed by atoms with Crippen LogP contribution < -0.4 is 10.1 Å². The van der Waals surface area contributed by atoms with Crippen molar-refractivity contribution < 1.29 is 9.53 Å². The van der Waals surface area contributed by atoms with Crippen molar-refractivity contribution in [2.24, 2.45) is 5.92 Å². The van der Waals surface area contributed by atoms with E-state index in [1.165, 1.54) is 5.56 Å². The van der Waals surface area contributed by atoms with Crippen LogP contribution in [0.25, 0.3) is 0 Å². The summed E-state index contributed by atoms with van der Waals surface area (Å²) in [6, 6.07) is 9.76. The van der Waals surface area contributed by atoms with Crippen LogP contribution in [0.3, 0.4) is 0 Å². The first-order valence-corrected chi connectivity index (χ1v) is 8.30. The zero-order valence-electron chi connectivity index (χ0n) is 15.2. The number of carbonyl (C=O) groups is 1. The summed E-state index contributed by atoms with van der Waals surface area (Å²) in [5.74, 6) is 1.04. The van der Waals surface area contributed by atoms with Gasteiger partial charge in [0, 0.05) is 12.7 Å². The van der Waals surface area contributed by atoms with Crippen LogP contribution in [0.2, 0.25) is 0 Å². The van der Waals surface area contributed by atoms with Crippen molar-refractivity contribution in [3.05, 3.63) is 47.8 Å². The maximum absolute atomic E-state index is 11.9. The molecule has 0 radical (unpaired) electrons. The largest absolute Gasteiger partial charge is 0.471 e. The third kappa shape index (κ3) is 5.11. The molecule has 5 heteroatoms. The Morgan fingerprint density at radius 3 is 2.46 bits per heavy atom. The third-order valence-electron chi connectivity index (χ3n) is 3.63. The van der Waals surface area contributed by atoms with E-state index in [2.05, 4.69) is 57.2 Å². The summed E-state index contributed by atoms with van der Waals surface area (Å²) >= 11 is 0. The number of carbonyl (C=O) groups excluding carboxylic acids is 1. The molecular formula is C19H27N3O2. The summed E-state index contributed by atoms with van der Waals surface area (Å²) in [4.78, 5) is 11.9. The molecule has 0 aliphatic heterocycles. The summed E-state index contributed by atoms with van der Waals surface area (Å²) in [5.41, 5.74) is 1.79. The average molecular weight is 329 g/mol. The third-order valence-corrected chi connectivity index (χ3v) is 3.63. The summed E-state index contributed by atoms with van der Waals surface area (Å²) < 4.78 is 7.33. The van der Waals surface area contributed by atoms with Crippen molar-refractivity contribution >= 4 is 5.91 Å². The summed E-state index contributed by atoms with van der Waals surface area (Å²) in [5, 5.41) is 7.09. The van der Waals surface area contributed by atoms with Crippen LogP contribution in [0.4, 0.5) is 0 Å². The highest BCUT2D eigenvalue weighted by molar-refractivity contribution is 5.92. The van der Waals surface area contributed by atoms with Gasteiger partial charge in [-0.15, -0.1) is 0 Å². The van der Waals surface area contributed by atoms with Crippen molar-refractivity contribution in [2.45, 2.75) is 46.8 Å². The Morgan fingerprint density at radius 2 is 1.88 bits per heavy atom. The van der Waals surface area contributed by atoms with E-state index in [4.69, 9.17) is 4.74 Å². The molecule has 1 N–H and O–H groups in total. The Hall–Kier alpha value is -2.30. The van der Waals surface area contributed by atoms with Crippen LogP contribution >= 0.6 is 0 Å². The van der Waals surface area contributed by atoms with Crippen LogP contribution in [0.15, 0.2) is 36.5 Å². The Balaban J connectivity index is 1.90. The second-order valence-electron chi connectivity index (χ2n) is 7.39. The first kappa shape index (κ1) is 18.0. The van der Waals surface area contributed by atoms with E-state index >= 15 is 0 Å². The molecule has 1 aromatic carbocycles. The average Bonchev–Trinajstić information content (AvgIpc) is 2.99. The van der Waals surface area contributed by atoms with Crippen molar-refractivity contribution in [2.75, 3.05) is 6.54 Å². The lowest BCUT2D eigenvalue weighted by Gasteiger charge is -2.19. The normalized spacial score (nSPS) is 11.6. The highest BCUT2D eigenvalue weighted by Gasteiger charge is 2.13. The predicted molar refractivity (Wildman–Crippen MR) is 95.2 cm³/mol. The molecule has 0 spiro atoms. The summed E-state index contributed by atoms with van der Waals surface area (Å²) in [6.07, 6.45) is 1.74. The number of nitrogens with zero attached hydrogens (tertiary/aromatic N) is 2. The minimum absolute atomic E-state index is 0.124. The van der Waals surface area contributed by atoms with Gasteiger partial charge in [0.2, 0.25) is 0 Å². The molecule has 24 heavy (non-hydrogen) atoms. The highest BCUT2D eigenvalue weighted by atomic mass is 16.5. The number of amides is 1. The van der Waals surface area contributed by atoms with Crippen molar-refractivity contribution in [3.8, 4) is 5.75 Å². The Labute approximate surface area is 144 Å². The second kappa shape index (κ2) is 7.51. The zero-order chi connectivity index (χ0) is 17.7. The quantitative estimate of drug-likeness (QED) is 0.881. The molecule has 1 amide bonds. The maximum Gasteiger partial charge on any atom is 0.271 e. The Bertz CT molecular complexity index is 667. The van der Waals surface area contributed by atoms with Gasteiger partial charge >= 0.3 is 0 Å². The van der Waals surface area contributed by atoms with Gasteiger partial charge in [-0.3, -0.25) is 4.79 Å². The number of benzene rings is 1. The van der Waals surface area contributed by atoms with Gasteiger partial charge in [-0.25, -0.2) is 4.68 Å². The molecule has 0 aliphatic rings. The lowest BCUT2D eigenvalue weighted by Crippen LogP contribution is -2.27. The molecule has 130 valence electrons. The topological polar surface area (TPSA) is 56.2 Å². The molecule has 0 unspecified atom stereocenters. The smallest absolute Gasteiger partial charge is 0.271 e. The number of hydrogen-bond donors (Lipinski definition) is 1. The molecule has 0 fully saturated rings. The second-order valence-corrected chi connectivity index (χ2v) is 7.39. The van der Waals surface area contributed by atoms with Crippen LogP contribution in [-0.2, 0) is 12.1 Å². The number of rotatable bonds is 6. The standard InChI is InChI=1S/C19H27N3O2/c1-14(2)12-20-18(23)17-10-11-22(21-17)13-24-16-8-6-15(7-9-16)19(3,4)5/h6-11,14H,12-13H2,1-5H3,(H,20,23). The molecule has 5 nitrogen and oxygen atoms in total. The SMILES string of the molecule is CC(C)CNC(=O)c1ccn(COc2ccc(C(C)(C)C)cc2)n1. The van der Waals surface area contributed by atoms with Crippen molar-refractivity contribution in [3.63, 3.8) is 0 Å². The molecule has 0 saturated heterocycles. The summed E-state index contributed by atoms with van der Waals surface area (Å²) in [7, 11) is 0. The lowest BCUT2D eigenvalue weighted by atomic mass is 9.87. The van der Waals surface area contributed by atoms with Crippen LogP contribution in [0, 0.1) is 5.92 Å². The van der Waals surface area contributed by atoms with Gasteiger partial charge in [-0.1, -0.05) is 46.8 Å². The molecule has 0 aliphatic carbocycles. The fourth-order valence-corrected chi connectivity index (χ4v) is 2.13. The predicted octanol–water partition coefficient (Wildman–Crippen LogP) is 3.60. The van der Waals surface area contributed by atoms with E-state index in [0.29, 0.717) is 18.2 Å². The molecule has 2 rings (SSSR count). The monoisotopic (exact) mass is 329 g/mol. The minimum atomic E-state index is -0.156. The molecule has 1 heterocycles. The van der Waals surface area contributed by atoms with E-state index in [-0.39, 0.29) is 18.1 Å². The Kier molecular flexibility index (Phi) is 5.65. The van der Waals surface area contributed by atoms with Gasteiger partial charge in [-0.2, -0.15) is 5.10 Å². The van der Waals surface area contributed by atoms with Gasteiger partial charge in [0.1, 0.15) is 11.4 Å².